The van der Waals surface area contributed by atoms with Crippen molar-refractivity contribution in [1.82, 2.24) is 9.97 Å². The van der Waals surface area contributed by atoms with Crippen LogP contribution < -0.4 is 4.90 Å². The van der Waals surface area contributed by atoms with Crippen molar-refractivity contribution in [1.29, 1.82) is 0 Å². The summed E-state index contributed by atoms with van der Waals surface area (Å²) in [5, 5.41) is 0. The molecule has 78 valence electrons. The second kappa shape index (κ2) is 3.73. The Morgan fingerprint density at radius 3 is 3.07 bits per heavy atom. The molecule has 1 aromatic carbocycles. The molecule has 0 unspecified atom stereocenters. The summed E-state index contributed by atoms with van der Waals surface area (Å²) in [5.41, 5.74) is 2.94. The molecule has 0 radical (unpaired) electrons. The van der Waals surface area contributed by atoms with Gasteiger partial charge in [0.1, 0.15) is 5.78 Å². The van der Waals surface area contributed by atoms with Crippen molar-refractivity contribution < 1.29 is 4.79 Å². The Morgan fingerprint density at radius 2 is 2.33 bits per heavy atom. The summed E-state index contributed by atoms with van der Waals surface area (Å²) in [4.78, 5) is 20.1. The van der Waals surface area contributed by atoms with Crippen molar-refractivity contribution in [2.45, 2.75) is 6.92 Å². The molecule has 0 saturated carbocycles. The molecule has 0 spiro atoms. The van der Waals surface area contributed by atoms with E-state index in [9.17, 15) is 4.79 Å². The summed E-state index contributed by atoms with van der Waals surface area (Å²) >= 11 is 0. The lowest BCUT2D eigenvalue weighted by atomic mass is 10.2. The number of rotatable bonds is 3. The molecule has 0 amide bonds. The third-order valence-corrected chi connectivity index (χ3v) is 2.30. The first kappa shape index (κ1) is 9.71. The summed E-state index contributed by atoms with van der Waals surface area (Å²) in [5.74, 6) is 0.155. The highest BCUT2D eigenvalue weighted by Gasteiger charge is 2.04. The molecule has 0 aliphatic heterocycles. The van der Waals surface area contributed by atoms with E-state index in [1.807, 2.05) is 30.1 Å². The first-order valence-corrected chi connectivity index (χ1v) is 4.80. The SMILES string of the molecule is CC(=O)CN(C)c1ccc2nc[nH]c2c1. The van der Waals surface area contributed by atoms with Gasteiger partial charge in [0.15, 0.2) is 0 Å². The fourth-order valence-corrected chi connectivity index (χ4v) is 1.59. The van der Waals surface area contributed by atoms with Gasteiger partial charge < -0.3 is 9.88 Å². The molecule has 0 saturated heterocycles. The average molecular weight is 203 g/mol. The molecule has 0 fully saturated rings. The maximum atomic E-state index is 11.0. The van der Waals surface area contributed by atoms with Crippen LogP contribution >= 0.6 is 0 Å². The van der Waals surface area contributed by atoms with Crippen molar-refractivity contribution in [3.8, 4) is 0 Å². The number of H-pyrrole nitrogens is 1. The van der Waals surface area contributed by atoms with Crippen LogP contribution in [0.15, 0.2) is 24.5 Å². The van der Waals surface area contributed by atoms with Gasteiger partial charge in [0.25, 0.3) is 0 Å². The predicted octanol–water partition coefficient (Wildman–Crippen LogP) is 1.59. The Morgan fingerprint density at radius 1 is 1.53 bits per heavy atom. The number of ketones is 1. The van der Waals surface area contributed by atoms with Gasteiger partial charge in [-0.1, -0.05) is 0 Å². The largest absolute Gasteiger partial charge is 0.367 e. The van der Waals surface area contributed by atoms with Crippen LogP contribution in [0.3, 0.4) is 0 Å². The summed E-state index contributed by atoms with van der Waals surface area (Å²) in [7, 11) is 1.90. The average Bonchev–Trinajstić information content (AvgIpc) is 2.62. The van der Waals surface area contributed by atoms with Crippen LogP contribution in [0.2, 0.25) is 0 Å². The zero-order valence-corrected chi connectivity index (χ0v) is 8.82. The van der Waals surface area contributed by atoms with Crippen molar-refractivity contribution in [3.05, 3.63) is 24.5 Å². The smallest absolute Gasteiger partial charge is 0.149 e. The van der Waals surface area contributed by atoms with Crippen LogP contribution in [-0.2, 0) is 4.79 Å². The summed E-state index contributed by atoms with van der Waals surface area (Å²) in [6, 6.07) is 5.90. The molecule has 2 rings (SSSR count). The molecule has 1 aromatic heterocycles. The minimum atomic E-state index is 0.155. The second-order valence-corrected chi connectivity index (χ2v) is 3.66. The Labute approximate surface area is 87.9 Å². The number of hydrogen-bond acceptors (Lipinski definition) is 3. The number of nitrogens with one attached hydrogen (secondary N) is 1. The number of benzene rings is 1. The standard InChI is InChI=1S/C11H13N3O/c1-8(15)6-14(2)9-3-4-10-11(5-9)13-7-12-10/h3-5,7H,6H2,1-2H3,(H,12,13). The molecule has 0 bridgehead atoms. The van der Waals surface area contributed by atoms with Gasteiger partial charge in [-0.3, -0.25) is 4.79 Å². The molecule has 0 aliphatic carbocycles. The molecule has 4 heteroatoms. The van der Waals surface area contributed by atoms with Gasteiger partial charge in [-0.15, -0.1) is 0 Å². The van der Waals surface area contributed by atoms with Crippen molar-refractivity contribution in [3.63, 3.8) is 0 Å². The molecular weight excluding hydrogens is 190 g/mol. The zero-order chi connectivity index (χ0) is 10.8. The normalized spacial score (nSPS) is 10.5. The number of hydrogen-bond donors (Lipinski definition) is 1. The Bertz CT molecular complexity index is 489. The minimum absolute atomic E-state index is 0.155. The van der Waals surface area contributed by atoms with Gasteiger partial charge >= 0.3 is 0 Å². The number of nitrogens with zero attached hydrogens (tertiary/aromatic N) is 2. The van der Waals surface area contributed by atoms with Gasteiger partial charge in [-0.05, 0) is 25.1 Å². The Hall–Kier alpha value is -1.84. The maximum Gasteiger partial charge on any atom is 0.149 e. The number of anilines is 1. The van der Waals surface area contributed by atoms with Crippen LogP contribution in [0.5, 0.6) is 0 Å². The van der Waals surface area contributed by atoms with Crippen LogP contribution in [0.4, 0.5) is 5.69 Å². The van der Waals surface area contributed by atoms with E-state index in [2.05, 4.69) is 9.97 Å². The molecule has 15 heavy (non-hydrogen) atoms. The molecule has 2 aromatic rings. The third-order valence-electron chi connectivity index (χ3n) is 2.30. The highest BCUT2D eigenvalue weighted by molar-refractivity contribution is 5.83. The van der Waals surface area contributed by atoms with E-state index in [1.165, 1.54) is 0 Å². The Balaban J connectivity index is 2.30. The van der Waals surface area contributed by atoms with Crippen molar-refractivity contribution in [2.75, 3.05) is 18.5 Å². The summed E-state index contributed by atoms with van der Waals surface area (Å²) < 4.78 is 0. The maximum absolute atomic E-state index is 11.0. The van der Waals surface area contributed by atoms with E-state index in [0.29, 0.717) is 6.54 Å². The summed E-state index contributed by atoms with van der Waals surface area (Å²) in [6.07, 6.45) is 1.67. The number of carbonyl (C=O) groups excluding carboxylic acids is 1. The van der Waals surface area contributed by atoms with Gasteiger partial charge in [0.05, 0.1) is 23.9 Å². The first-order valence-electron chi connectivity index (χ1n) is 4.80. The third kappa shape index (κ3) is 1.98. The molecule has 1 N–H and O–H groups in total. The van der Waals surface area contributed by atoms with Gasteiger partial charge in [0.2, 0.25) is 0 Å². The van der Waals surface area contributed by atoms with E-state index in [4.69, 9.17) is 0 Å². The van der Waals surface area contributed by atoms with Crippen molar-refractivity contribution in [2.24, 2.45) is 0 Å². The van der Waals surface area contributed by atoms with Gasteiger partial charge in [-0.2, -0.15) is 0 Å². The lowest BCUT2D eigenvalue weighted by Gasteiger charge is -2.17. The number of imidazole rings is 1. The summed E-state index contributed by atoms with van der Waals surface area (Å²) in [6.45, 7) is 2.02. The number of Topliss-reactive ketones (excluding diaryl/α,β-unsaturated/α-hetero) is 1. The van der Waals surface area contributed by atoms with E-state index < -0.39 is 0 Å². The van der Waals surface area contributed by atoms with E-state index in [1.54, 1.807) is 13.3 Å². The fourth-order valence-electron chi connectivity index (χ4n) is 1.59. The predicted molar refractivity (Wildman–Crippen MR) is 60.0 cm³/mol. The number of aromatic nitrogens is 2. The monoisotopic (exact) mass is 203 g/mol. The number of aromatic amines is 1. The van der Waals surface area contributed by atoms with Crippen LogP contribution in [0.1, 0.15) is 6.92 Å². The number of carbonyl (C=O) groups is 1. The van der Waals surface area contributed by atoms with Gasteiger partial charge in [-0.25, -0.2) is 4.98 Å². The van der Waals surface area contributed by atoms with Crippen LogP contribution in [-0.4, -0.2) is 29.3 Å². The van der Waals surface area contributed by atoms with E-state index in [-0.39, 0.29) is 5.78 Å². The van der Waals surface area contributed by atoms with Gasteiger partial charge in [0, 0.05) is 12.7 Å². The lowest BCUT2D eigenvalue weighted by Crippen LogP contribution is -2.23. The fraction of sp³-hybridized carbons (Fsp3) is 0.273. The lowest BCUT2D eigenvalue weighted by molar-refractivity contribution is -0.115. The Kier molecular flexibility index (Phi) is 2.41. The quantitative estimate of drug-likeness (QED) is 0.824. The number of likely N-dealkylation sites (N-methyl/N-ethyl adjacent to an activating group) is 1. The van der Waals surface area contributed by atoms with E-state index in [0.717, 1.165) is 16.7 Å². The number of fused-ring (bicyclic) bond motifs is 1. The van der Waals surface area contributed by atoms with Crippen LogP contribution in [0, 0.1) is 0 Å². The highest BCUT2D eigenvalue weighted by atomic mass is 16.1. The highest BCUT2D eigenvalue weighted by Crippen LogP contribution is 2.18. The molecular formula is C11H13N3O. The molecule has 1 heterocycles. The molecule has 0 aliphatic rings. The molecule has 4 nitrogen and oxygen atoms in total. The first-order chi connectivity index (χ1) is 7.16. The minimum Gasteiger partial charge on any atom is -0.367 e. The van der Waals surface area contributed by atoms with Crippen LogP contribution in [0.25, 0.3) is 11.0 Å². The topological polar surface area (TPSA) is 49.0 Å². The van der Waals surface area contributed by atoms with E-state index >= 15 is 0 Å². The zero-order valence-electron chi connectivity index (χ0n) is 8.82. The second-order valence-electron chi connectivity index (χ2n) is 3.66. The van der Waals surface area contributed by atoms with Crippen molar-refractivity contribution >= 4 is 22.5 Å². The molecule has 0 atom stereocenters.